The Morgan fingerprint density at radius 2 is 2.16 bits per heavy atom. The Balaban J connectivity index is 1.34. The number of hydrogen-bond acceptors (Lipinski definition) is 3. The summed E-state index contributed by atoms with van der Waals surface area (Å²) in [5.41, 5.74) is 2.20. The number of nitrogens with one attached hydrogen (secondary N) is 1. The summed E-state index contributed by atoms with van der Waals surface area (Å²) in [5.74, 6) is 3.10. The molecule has 2 saturated carbocycles. The van der Waals surface area contributed by atoms with E-state index in [0.29, 0.717) is 12.5 Å². The van der Waals surface area contributed by atoms with E-state index in [9.17, 15) is 4.79 Å². The molecule has 102 valence electrons. The molecule has 1 aromatic rings. The molecule has 19 heavy (non-hydrogen) atoms. The number of aryl methyl sites for hydroxylation is 1. The van der Waals surface area contributed by atoms with Crippen molar-refractivity contribution < 1.29 is 9.32 Å². The Kier molecular flexibility index (Phi) is 2.64. The zero-order valence-corrected chi connectivity index (χ0v) is 11.2. The quantitative estimate of drug-likeness (QED) is 0.903. The summed E-state index contributed by atoms with van der Waals surface area (Å²) >= 11 is 0. The van der Waals surface area contributed by atoms with Gasteiger partial charge in [-0.3, -0.25) is 4.79 Å². The van der Waals surface area contributed by atoms with Crippen LogP contribution in [0.15, 0.2) is 4.52 Å². The molecule has 1 aromatic heterocycles. The van der Waals surface area contributed by atoms with Gasteiger partial charge in [-0.05, 0) is 50.4 Å². The molecule has 1 N–H and O–H groups in total. The largest absolute Gasteiger partial charge is 0.361 e. The molecule has 0 radical (unpaired) electrons. The predicted octanol–water partition coefficient (Wildman–Crippen LogP) is 2.22. The Morgan fingerprint density at radius 1 is 1.32 bits per heavy atom. The molecule has 0 spiro atoms. The summed E-state index contributed by atoms with van der Waals surface area (Å²) < 4.78 is 5.36. The molecule has 2 fully saturated rings. The summed E-state index contributed by atoms with van der Waals surface area (Å²) in [6.45, 7) is 0.547. The normalized spacial score (nSPS) is 28.8. The molecule has 1 amide bonds. The van der Waals surface area contributed by atoms with E-state index in [4.69, 9.17) is 4.52 Å². The molecule has 3 aliphatic carbocycles. The van der Waals surface area contributed by atoms with Crippen molar-refractivity contribution in [3.63, 3.8) is 0 Å². The second kappa shape index (κ2) is 4.36. The first kappa shape index (κ1) is 11.5. The van der Waals surface area contributed by atoms with E-state index in [1.165, 1.54) is 31.2 Å². The molecule has 0 aliphatic heterocycles. The van der Waals surface area contributed by atoms with Gasteiger partial charge in [-0.25, -0.2) is 0 Å². The molecule has 4 heteroatoms. The summed E-state index contributed by atoms with van der Waals surface area (Å²) in [5, 5.41) is 7.17. The van der Waals surface area contributed by atoms with Gasteiger partial charge in [-0.1, -0.05) is 5.16 Å². The van der Waals surface area contributed by atoms with Crippen LogP contribution in [0.1, 0.15) is 49.1 Å². The highest BCUT2D eigenvalue weighted by Gasteiger charge is 2.50. The number of carbonyl (C=O) groups excluding carboxylic acids is 1. The first-order valence-electron chi connectivity index (χ1n) is 7.57. The van der Waals surface area contributed by atoms with Crippen molar-refractivity contribution in [2.45, 2.75) is 51.5 Å². The molecule has 4 nitrogen and oxygen atoms in total. The van der Waals surface area contributed by atoms with Crippen molar-refractivity contribution in [1.29, 1.82) is 0 Å². The zero-order valence-electron chi connectivity index (χ0n) is 11.2. The Bertz CT molecular complexity index is 504. The van der Waals surface area contributed by atoms with Crippen LogP contribution in [0.5, 0.6) is 0 Å². The molecule has 1 heterocycles. The average molecular weight is 260 g/mol. The van der Waals surface area contributed by atoms with E-state index in [1.807, 2.05) is 0 Å². The highest BCUT2D eigenvalue weighted by Crippen LogP contribution is 2.54. The number of hydrogen-bond donors (Lipinski definition) is 1. The molecule has 3 aliphatic rings. The molecule has 0 aromatic carbocycles. The maximum Gasteiger partial charge on any atom is 0.223 e. The van der Waals surface area contributed by atoms with Gasteiger partial charge in [0.1, 0.15) is 11.5 Å². The number of amides is 1. The fourth-order valence-electron chi connectivity index (χ4n) is 3.45. The van der Waals surface area contributed by atoms with Crippen LogP contribution < -0.4 is 5.32 Å². The number of nitrogens with zero attached hydrogens (tertiary/aromatic N) is 1. The van der Waals surface area contributed by atoms with Crippen LogP contribution >= 0.6 is 0 Å². The standard InChI is InChI=1S/C15H20N2O2/c18-15(12-7-11(12)9-5-6-9)16-8-13-10-3-1-2-4-14(10)19-17-13/h9,11-12H,1-8H2,(H,16,18)/t11-,12+/m1/s1. The van der Waals surface area contributed by atoms with Crippen molar-refractivity contribution in [3.05, 3.63) is 17.0 Å². The van der Waals surface area contributed by atoms with Crippen LogP contribution in [-0.4, -0.2) is 11.1 Å². The summed E-state index contributed by atoms with van der Waals surface area (Å²) in [7, 11) is 0. The van der Waals surface area contributed by atoms with Crippen molar-refractivity contribution in [2.24, 2.45) is 17.8 Å². The van der Waals surface area contributed by atoms with Crippen molar-refractivity contribution in [2.75, 3.05) is 0 Å². The lowest BCUT2D eigenvalue weighted by Gasteiger charge is -2.09. The lowest BCUT2D eigenvalue weighted by atomic mass is 9.96. The van der Waals surface area contributed by atoms with E-state index in [-0.39, 0.29) is 11.8 Å². The van der Waals surface area contributed by atoms with Gasteiger partial charge in [0.15, 0.2) is 0 Å². The summed E-state index contributed by atoms with van der Waals surface area (Å²) in [6.07, 6.45) is 8.24. The van der Waals surface area contributed by atoms with E-state index in [0.717, 1.165) is 36.6 Å². The third-order valence-electron chi connectivity index (χ3n) is 4.87. The fourth-order valence-corrected chi connectivity index (χ4v) is 3.45. The Morgan fingerprint density at radius 3 is 3.00 bits per heavy atom. The smallest absolute Gasteiger partial charge is 0.223 e. The van der Waals surface area contributed by atoms with Crippen molar-refractivity contribution in [3.8, 4) is 0 Å². The highest BCUT2D eigenvalue weighted by molar-refractivity contribution is 5.81. The van der Waals surface area contributed by atoms with E-state index in [2.05, 4.69) is 10.5 Å². The highest BCUT2D eigenvalue weighted by atomic mass is 16.5. The number of rotatable bonds is 4. The molecular weight excluding hydrogens is 240 g/mol. The minimum atomic E-state index is 0.226. The SMILES string of the molecule is O=C(NCc1noc2c1CCCC2)[C@H]1C[C@@H]1C1CC1. The van der Waals surface area contributed by atoms with Gasteiger partial charge in [0.2, 0.25) is 5.91 Å². The molecule has 0 bridgehead atoms. The fraction of sp³-hybridized carbons (Fsp3) is 0.733. The summed E-state index contributed by atoms with van der Waals surface area (Å²) in [6, 6.07) is 0. The van der Waals surface area contributed by atoms with Gasteiger partial charge < -0.3 is 9.84 Å². The minimum absolute atomic E-state index is 0.226. The lowest BCUT2D eigenvalue weighted by Crippen LogP contribution is -2.26. The van der Waals surface area contributed by atoms with Gasteiger partial charge in [0, 0.05) is 17.9 Å². The Labute approximate surface area is 112 Å². The van der Waals surface area contributed by atoms with Crippen LogP contribution in [0.25, 0.3) is 0 Å². The van der Waals surface area contributed by atoms with Gasteiger partial charge in [-0.15, -0.1) is 0 Å². The lowest BCUT2D eigenvalue weighted by molar-refractivity contribution is -0.122. The zero-order chi connectivity index (χ0) is 12.8. The first-order valence-corrected chi connectivity index (χ1v) is 7.57. The summed E-state index contributed by atoms with van der Waals surface area (Å²) in [4.78, 5) is 12.0. The molecule has 2 atom stereocenters. The van der Waals surface area contributed by atoms with E-state index in [1.54, 1.807) is 0 Å². The molecule has 4 rings (SSSR count). The van der Waals surface area contributed by atoms with Crippen LogP contribution in [0.2, 0.25) is 0 Å². The topological polar surface area (TPSA) is 55.1 Å². The van der Waals surface area contributed by atoms with Crippen LogP contribution in [0, 0.1) is 17.8 Å². The second-order valence-corrected chi connectivity index (χ2v) is 6.30. The Hall–Kier alpha value is -1.32. The third kappa shape index (κ3) is 2.17. The molecule has 0 unspecified atom stereocenters. The van der Waals surface area contributed by atoms with Gasteiger partial charge in [-0.2, -0.15) is 0 Å². The van der Waals surface area contributed by atoms with Crippen LogP contribution in [0.4, 0.5) is 0 Å². The van der Waals surface area contributed by atoms with Crippen molar-refractivity contribution in [1.82, 2.24) is 10.5 Å². The van der Waals surface area contributed by atoms with Crippen LogP contribution in [0.3, 0.4) is 0 Å². The van der Waals surface area contributed by atoms with Crippen LogP contribution in [-0.2, 0) is 24.2 Å². The maximum atomic E-state index is 12.0. The third-order valence-corrected chi connectivity index (χ3v) is 4.87. The maximum absolute atomic E-state index is 12.0. The van der Waals surface area contributed by atoms with Crippen molar-refractivity contribution >= 4 is 5.91 Å². The van der Waals surface area contributed by atoms with E-state index < -0.39 is 0 Å². The minimum Gasteiger partial charge on any atom is -0.361 e. The average Bonchev–Trinajstić information content (AvgIpc) is 3.31. The second-order valence-electron chi connectivity index (χ2n) is 6.30. The predicted molar refractivity (Wildman–Crippen MR) is 69.3 cm³/mol. The monoisotopic (exact) mass is 260 g/mol. The van der Waals surface area contributed by atoms with Gasteiger partial charge in [0.25, 0.3) is 0 Å². The number of fused-ring (bicyclic) bond motifs is 1. The first-order chi connectivity index (χ1) is 9.33. The number of carbonyl (C=O) groups is 1. The molecule has 0 saturated heterocycles. The van der Waals surface area contributed by atoms with Gasteiger partial charge >= 0.3 is 0 Å². The molecular formula is C15H20N2O2. The van der Waals surface area contributed by atoms with Gasteiger partial charge in [0.05, 0.1) is 6.54 Å². The number of aromatic nitrogens is 1. The van der Waals surface area contributed by atoms with E-state index >= 15 is 0 Å².